The van der Waals surface area contributed by atoms with Gasteiger partial charge >= 0.3 is 0 Å². The van der Waals surface area contributed by atoms with Crippen LogP contribution in [0.25, 0.3) is 0 Å². The lowest BCUT2D eigenvalue weighted by molar-refractivity contribution is -0.153. The van der Waals surface area contributed by atoms with Crippen LogP contribution in [0.15, 0.2) is 11.4 Å². The van der Waals surface area contributed by atoms with Gasteiger partial charge in [-0.05, 0) is 23.4 Å². The monoisotopic (exact) mass is 292 g/mol. The molecule has 4 nitrogen and oxygen atoms in total. The molecule has 0 spiro atoms. The highest BCUT2D eigenvalue weighted by atomic mass is 32.1. The SMILES string of the molecule is CC(C)(C)C(=O)N1CC(=O)N2CCc3sccc3C2C1. The largest absolute Gasteiger partial charge is 0.332 e. The Balaban J connectivity index is 1.89. The predicted molar refractivity (Wildman–Crippen MR) is 78.5 cm³/mol. The summed E-state index contributed by atoms with van der Waals surface area (Å²) in [4.78, 5) is 29.8. The highest BCUT2D eigenvalue weighted by Gasteiger charge is 2.40. The Bertz CT molecular complexity index is 558. The Morgan fingerprint density at radius 3 is 2.85 bits per heavy atom. The lowest BCUT2D eigenvalue weighted by atomic mass is 9.92. The van der Waals surface area contributed by atoms with Crippen LogP contribution in [0.4, 0.5) is 0 Å². The molecular weight excluding hydrogens is 272 g/mol. The summed E-state index contributed by atoms with van der Waals surface area (Å²) in [6, 6.07) is 2.16. The molecule has 0 aromatic carbocycles. The van der Waals surface area contributed by atoms with Crippen molar-refractivity contribution >= 4 is 23.2 Å². The van der Waals surface area contributed by atoms with Gasteiger partial charge in [0.05, 0.1) is 12.6 Å². The molecule has 2 aliphatic heterocycles. The zero-order valence-electron chi connectivity index (χ0n) is 12.2. The van der Waals surface area contributed by atoms with Crippen LogP contribution < -0.4 is 0 Å². The molecule has 0 radical (unpaired) electrons. The second-order valence-corrected chi connectivity index (χ2v) is 7.59. The fraction of sp³-hybridized carbons (Fsp3) is 0.600. The van der Waals surface area contributed by atoms with Crippen LogP contribution in [0.2, 0.25) is 0 Å². The van der Waals surface area contributed by atoms with Crippen molar-refractivity contribution in [2.75, 3.05) is 19.6 Å². The third-order valence-corrected chi connectivity index (χ3v) is 5.06. The maximum Gasteiger partial charge on any atom is 0.242 e. The molecule has 1 aromatic heterocycles. The predicted octanol–water partition coefficient (Wildman–Crippen LogP) is 2.06. The number of carbonyl (C=O) groups excluding carboxylic acids is 2. The number of fused-ring (bicyclic) bond motifs is 3. The van der Waals surface area contributed by atoms with Crippen molar-refractivity contribution in [2.45, 2.75) is 33.2 Å². The van der Waals surface area contributed by atoms with Crippen molar-refractivity contribution in [3.63, 3.8) is 0 Å². The lowest BCUT2D eigenvalue weighted by Crippen LogP contribution is -2.57. The van der Waals surface area contributed by atoms with E-state index in [9.17, 15) is 9.59 Å². The Morgan fingerprint density at radius 1 is 1.40 bits per heavy atom. The minimum atomic E-state index is -0.436. The van der Waals surface area contributed by atoms with Gasteiger partial charge in [-0.3, -0.25) is 9.59 Å². The molecular formula is C15H20N2O2S. The number of nitrogens with zero attached hydrogens (tertiary/aromatic N) is 2. The van der Waals surface area contributed by atoms with E-state index in [1.165, 1.54) is 10.4 Å². The average Bonchev–Trinajstić information content (AvgIpc) is 2.85. The molecule has 5 heteroatoms. The molecule has 1 fully saturated rings. The average molecular weight is 292 g/mol. The van der Waals surface area contributed by atoms with E-state index in [1.54, 1.807) is 16.2 Å². The summed E-state index contributed by atoms with van der Waals surface area (Å²) in [6.07, 6.45) is 0.947. The summed E-state index contributed by atoms with van der Waals surface area (Å²) < 4.78 is 0. The molecule has 0 bridgehead atoms. The van der Waals surface area contributed by atoms with E-state index in [2.05, 4.69) is 11.4 Å². The molecule has 0 aliphatic carbocycles. The summed E-state index contributed by atoms with van der Waals surface area (Å²) in [5, 5.41) is 2.09. The number of piperazine rings is 1. The molecule has 1 unspecified atom stereocenters. The van der Waals surface area contributed by atoms with Crippen molar-refractivity contribution in [1.29, 1.82) is 0 Å². The number of carbonyl (C=O) groups is 2. The molecule has 3 heterocycles. The Morgan fingerprint density at radius 2 is 2.15 bits per heavy atom. The fourth-order valence-corrected chi connectivity index (χ4v) is 3.98. The fourth-order valence-electron chi connectivity index (χ4n) is 3.05. The first kappa shape index (κ1) is 13.6. The van der Waals surface area contributed by atoms with Crippen LogP contribution in [-0.2, 0) is 16.0 Å². The summed E-state index contributed by atoms with van der Waals surface area (Å²) in [5.41, 5.74) is 0.801. The van der Waals surface area contributed by atoms with Crippen LogP contribution in [0.5, 0.6) is 0 Å². The van der Waals surface area contributed by atoms with Gasteiger partial charge in [-0.25, -0.2) is 0 Å². The van der Waals surface area contributed by atoms with Gasteiger partial charge in [0, 0.05) is 23.4 Å². The molecule has 20 heavy (non-hydrogen) atoms. The second-order valence-electron chi connectivity index (χ2n) is 6.59. The van der Waals surface area contributed by atoms with Gasteiger partial charge in [-0.15, -0.1) is 11.3 Å². The van der Waals surface area contributed by atoms with E-state index in [4.69, 9.17) is 0 Å². The first-order chi connectivity index (χ1) is 9.38. The number of hydrogen-bond donors (Lipinski definition) is 0. The molecule has 1 aromatic rings. The summed E-state index contributed by atoms with van der Waals surface area (Å²) in [6.45, 7) is 7.36. The number of rotatable bonds is 0. The Kier molecular flexibility index (Phi) is 3.12. The van der Waals surface area contributed by atoms with Crippen molar-refractivity contribution in [3.05, 3.63) is 21.9 Å². The van der Waals surface area contributed by atoms with Gasteiger partial charge in [0.1, 0.15) is 0 Å². The summed E-state index contributed by atoms with van der Waals surface area (Å²) in [5.74, 6) is 0.142. The third kappa shape index (κ3) is 2.14. The van der Waals surface area contributed by atoms with Gasteiger partial charge in [0.15, 0.2) is 0 Å². The molecule has 3 rings (SSSR count). The highest BCUT2D eigenvalue weighted by Crippen LogP contribution is 2.36. The molecule has 2 amide bonds. The van der Waals surface area contributed by atoms with E-state index in [1.807, 2.05) is 25.7 Å². The van der Waals surface area contributed by atoms with Gasteiger partial charge in [0.2, 0.25) is 11.8 Å². The molecule has 1 atom stereocenters. The van der Waals surface area contributed by atoms with Gasteiger partial charge in [0.25, 0.3) is 0 Å². The van der Waals surface area contributed by atoms with E-state index in [-0.39, 0.29) is 24.4 Å². The maximum absolute atomic E-state index is 12.4. The van der Waals surface area contributed by atoms with E-state index >= 15 is 0 Å². The van der Waals surface area contributed by atoms with Crippen LogP contribution >= 0.6 is 11.3 Å². The van der Waals surface area contributed by atoms with Crippen molar-refractivity contribution in [3.8, 4) is 0 Å². The maximum atomic E-state index is 12.4. The molecule has 2 aliphatic rings. The van der Waals surface area contributed by atoms with E-state index in [0.717, 1.165) is 13.0 Å². The quantitative estimate of drug-likeness (QED) is 0.734. The van der Waals surface area contributed by atoms with Crippen LogP contribution in [0.1, 0.15) is 37.3 Å². The smallest absolute Gasteiger partial charge is 0.242 e. The van der Waals surface area contributed by atoms with Crippen LogP contribution in [0, 0.1) is 5.41 Å². The number of thiophene rings is 1. The standard InChI is InChI=1S/C15H20N2O2S/c1-15(2,3)14(19)16-8-11-10-5-7-20-12(10)4-6-17(11)13(18)9-16/h5,7,11H,4,6,8-9H2,1-3H3. The van der Waals surface area contributed by atoms with Crippen molar-refractivity contribution < 1.29 is 9.59 Å². The number of amides is 2. The lowest BCUT2D eigenvalue weighted by Gasteiger charge is -2.45. The van der Waals surface area contributed by atoms with Crippen molar-refractivity contribution in [2.24, 2.45) is 5.41 Å². The second kappa shape index (κ2) is 4.58. The van der Waals surface area contributed by atoms with Crippen LogP contribution in [0.3, 0.4) is 0 Å². The highest BCUT2D eigenvalue weighted by molar-refractivity contribution is 7.10. The normalized spacial score (nSPS) is 22.6. The zero-order valence-corrected chi connectivity index (χ0v) is 13.0. The van der Waals surface area contributed by atoms with Crippen LogP contribution in [-0.4, -0.2) is 41.2 Å². The van der Waals surface area contributed by atoms with Gasteiger partial charge in [-0.1, -0.05) is 20.8 Å². The zero-order chi connectivity index (χ0) is 14.5. The molecule has 0 N–H and O–H groups in total. The summed E-state index contributed by atoms with van der Waals surface area (Å²) in [7, 11) is 0. The first-order valence-corrected chi connectivity index (χ1v) is 7.91. The van der Waals surface area contributed by atoms with Gasteiger partial charge in [-0.2, -0.15) is 0 Å². The molecule has 108 valence electrons. The Hall–Kier alpha value is -1.36. The minimum Gasteiger partial charge on any atom is -0.332 e. The minimum absolute atomic E-state index is 0.0533. The Labute approximate surface area is 123 Å². The number of hydrogen-bond acceptors (Lipinski definition) is 3. The molecule has 0 saturated carbocycles. The molecule has 1 saturated heterocycles. The first-order valence-electron chi connectivity index (χ1n) is 7.03. The van der Waals surface area contributed by atoms with Crippen molar-refractivity contribution in [1.82, 2.24) is 9.80 Å². The van der Waals surface area contributed by atoms with E-state index in [0.29, 0.717) is 6.54 Å². The third-order valence-electron chi connectivity index (χ3n) is 4.06. The van der Waals surface area contributed by atoms with Gasteiger partial charge < -0.3 is 9.80 Å². The topological polar surface area (TPSA) is 40.6 Å². The summed E-state index contributed by atoms with van der Waals surface area (Å²) >= 11 is 1.76. The van der Waals surface area contributed by atoms with E-state index < -0.39 is 5.41 Å².